The van der Waals surface area contributed by atoms with Gasteiger partial charge in [-0.15, -0.1) is 0 Å². The number of alkyl halides is 3. The van der Waals surface area contributed by atoms with Crippen molar-refractivity contribution in [1.82, 2.24) is 0 Å². The summed E-state index contributed by atoms with van der Waals surface area (Å²) >= 11 is 0. The van der Waals surface area contributed by atoms with Crippen molar-refractivity contribution in [3.05, 3.63) is 72.8 Å². The molecule has 0 spiro atoms. The van der Waals surface area contributed by atoms with Crippen LogP contribution >= 0.6 is 10.3 Å². The predicted octanol–water partition coefficient (Wildman–Crippen LogP) is 9.32. The van der Waals surface area contributed by atoms with Crippen molar-refractivity contribution in [2.24, 2.45) is 0 Å². The maximum Gasteiger partial charge on any atom is 0.405 e. The van der Waals surface area contributed by atoms with Crippen LogP contribution in [0.15, 0.2) is 87.5 Å². The summed E-state index contributed by atoms with van der Waals surface area (Å²) in [7, 11) is -8.44. The van der Waals surface area contributed by atoms with Crippen LogP contribution in [0.2, 0.25) is 0 Å². The van der Waals surface area contributed by atoms with E-state index in [1.54, 1.807) is 72.8 Å². The minimum atomic E-state index is -5.14. The van der Waals surface area contributed by atoms with Crippen molar-refractivity contribution < 1.29 is 39.4 Å². The Morgan fingerprint density at radius 3 is 0.977 bits per heavy atom. The lowest BCUT2D eigenvalue weighted by Gasteiger charge is -2.40. The summed E-state index contributed by atoms with van der Waals surface area (Å²) in [5.74, 6) is -0.627. The summed E-state index contributed by atoms with van der Waals surface area (Å²) < 4.78 is 90.3. The predicted molar refractivity (Wildman–Crippen MR) is 164 cm³/mol. The first-order chi connectivity index (χ1) is 19.5. The molecule has 0 amide bonds. The third-order valence-electron chi connectivity index (χ3n) is 5.29. The number of rotatable bonds is 9. The average molecular weight is 643 g/mol. The van der Waals surface area contributed by atoms with Crippen molar-refractivity contribution in [3.8, 4) is 17.2 Å². The number of ether oxygens (including phenoxy) is 3. The fourth-order valence-corrected chi connectivity index (χ4v) is 9.22. The van der Waals surface area contributed by atoms with Gasteiger partial charge in [0.1, 0.15) is 34.1 Å². The molecular formula is C32H41F3O6S2. The second-order valence-electron chi connectivity index (χ2n) is 13.0. The van der Waals surface area contributed by atoms with Gasteiger partial charge in [-0.05, 0) is 145 Å². The summed E-state index contributed by atoms with van der Waals surface area (Å²) in [6.07, 6.45) is -5.01. The van der Waals surface area contributed by atoms with Gasteiger partial charge in [0.15, 0.2) is 5.75 Å². The van der Waals surface area contributed by atoms with E-state index in [1.807, 2.05) is 62.3 Å². The molecule has 11 heteroatoms. The Balaban J connectivity index is 2.31. The van der Waals surface area contributed by atoms with Crippen molar-refractivity contribution in [1.29, 1.82) is 0 Å². The monoisotopic (exact) mass is 642 g/mol. The first-order valence-corrected chi connectivity index (χ1v) is 16.8. The van der Waals surface area contributed by atoms with Crippen LogP contribution in [-0.2, 0) is 13.7 Å². The third-order valence-corrected chi connectivity index (χ3v) is 10.4. The Kier molecular flexibility index (Phi) is 9.85. The van der Waals surface area contributed by atoms with Gasteiger partial charge < -0.3 is 14.2 Å². The summed E-state index contributed by atoms with van der Waals surface area (Å²) in [6.45, 7) is 16.9. The molecule has 3 rings (SSSR count). The van der Waals surface area contributed by atoms with Crippen LogP contribution in [0.1, 0.15) is 62.3 Å². The first kappa shape index (κ1) is 34.6. The summed E-state index contributed by atoms with van der Waals surface area (Å²) in [6, 6.07) is 19.6. The Bertz CT molecular complexity index is 1320. The molecule has 0 fully saturated rings. The van der Waals surface area contributed by atoms with Crippen LogP contribution in [0.25, 0.3) is 0 Å². The Hall–Kier alpha value is -2.89. The van der Waals surface area contributed by atoms with Gasteiger partial charge in [0, 0.05) is 14.7 Å². The van der Waals surface area contributed by atoms with Gasteiger partial charge in [0.05, 0.1) is 0 Å². The summed E-state index contributed by atoms with van der Waals surface area (Å²) in [5.41, 5.74) is -1.53. The molecule has 3 aromatic carbocycles. The molecule has 0 unspecified atom stereocenters. The zero-order valence-electron chi connectivity index (χ0n) is 26.0. The topological polar surface area (TPSA) is 71.1 Å². The van der Waals surface area contributed by atoms with Gasteiger partial charge in [-0.2, -0.15) is 21.6 Å². The van der Waals surface area contributed by atoms with Crippen LogP contribution < -0.4 is 14.2 Å². The van der Waals surface area contributed by atoms with E-state index in [2.05, 4.69) is 0 Å². The molecule has 0 radical (unpaired) electrons. The highest BCUT2D eigenvalue weighted by molar-refractivity contribution is 8.33. The summed E-state index contributed by atoms with van der Waals surface area (Å²) in [5, 5.41) is 0. The lowest BCUT2D eigenvalue weighted by atomic mass is 10.2. The maximum atomic E-state index is 13.5. The lowest BCUT2D eigenvalue weighted by molar-refractivity contribution is -0.107. The SMILES string of the molecule is CC(C)(C)Oc1ccc(S(OS(=O)(=O)CC(F)(F)F)(c2ccc(OC(C)(C)C)cc2)c2ccc(OC(C)(C)C)cc2)cc1. The summed E-state index contributed by atoms with van der Waals surface area (Å²) in [4.78, 5) is 1.07. The smallest absolute Gasteiger partial charge is 0.405 e. The van der Waals surface area contributed by atoms with Gasteiger partial charge in [-0.25, -0.2) is 3.63 Å². The van der Waals surface area contributed by atoms with Crippen LogP contribution in [0.4, 0.5) is 13.2 Å². The van der Waals surface area contributed by atoms with Gasteiger partial charge in [-0.3, -0.25) is 0 Å². The Morgan fingerprint density at radius 1 is 0.512 bits per heavy atom. The zero-order valence-corrected chi connectivity index (χ0v) is 27.7. The van der Waals surface area contributed by atoms with E-state index in [0.717, 1.165) is 0 Å². The number of hydrogen-bond donors (Lipinski definition) is 0. The van der Waals surface area contributed by atoms with Crippen molar-refractivity contribution in [2.75, 3.05) is 5.75 Å². The normalized spacial score (nSPS) is 13.9. The highest BCUT2D eigenvalue weighted by Crippen LogP contribution is 2.70. The molecule has 43 heavy (non-hydrogen) atoms. The van der Waals surface area contributed by atoms with Crippen molar-refractivity contribution in [2.45, 2.75) is 100.0 Å². The van der Waals surface area contributed by atoms with Crippen LogP contribution in [0.5, 0.6) is 17.2 Å². The third kappa shape index (κ3) is 10.4. The molecule has 0 aliphatic heterocycles. The van der Waals surface area contributed by atoms with E-state index >= 15 is 0 Å². The molecule has 0 atom stereocenters. The quantitative estimate of drug-likeness (QED) is 0.232. The van der Waals surface area contributed by atoms with Gasteiger partial charge in [0.25, 0.3) is 10.1 Å². The minimum Gasteiger partial charge on any atom is -0.488 e. The molecule has 3 aromatic rings. The molecule has 0 aromatic heterocycles. The molecule has 0 N–H and O–H groups in total. The average Bonchev–Trinajstić information content (AvgIpc) is 2.80. The number of hydrogen-bond acceptors (Lipinski definition) is 6. The highest BCUT2D eigenvalue weighted by atomic mass is 32.3. The molecule has 0 saturated carbocycles. The Morgan fingerprint density at radius 2 is 0.767 bits per heavy atom. The fraction of sp³-hybridized carbons (Fsp3) is 0.438. The maximum absolute atomic E-state index is 13.5. The lowest BCUT2D eigenvalue weighted by Crippen LogP contribution is -2.26. The number of halogens is 3. The molecule has 0 aliphatic rings. The van der Waals surface area contributed by atoms with E-state index in [4.69, 9.17) is 17.8 Å². The largest absolute Gasteiger partial charge is 0.488 e. The standard InChI is InChI=1S/C32H41F3O6S2/c1-29(2,3)38-23-10-16-26(17-11-23)43(41-42(36,37)22-32(33,34)35,27-18-12-24(13-19-27)39-30(4,5)6)28-20-14-25(15-21-28)40-31(7,8)9/h10-21H,22H2,1-9H3. The van der Waals surface area contributed by atoms with E-state index in [0.29, 0.717) is 31.9 Å². The minimum absolute atomic E-state index is 0.355. The molecule has 0 heterocycles. The first-order valence-electron chi connectivity index (χ1n) is 13.7. The van der Waals surface area contributed by atoms with Crippen LogP contribution in [-0.4, -0.2) is 37.2 Å². The van der Waals surface area contributed by atoms with Gasteiger partial charge >= 0.3 is 6.18 Å². The van der Waals surface area contributed by atoms with E-state index in [1.165, 1.54) is 0 Å². The Labute approximate surface area is 255 Å². The fourth-order valence-electron chi connectivity index (χ4n) is 4.06. The van der Waals surface area contributed by atoms with Crippen LogP contribution in [0.3, 0.4) is 0 Å². The molecule has 238 valence electrons. The van der Waals surface area contributed by atoms with Crippen molar-refractivity contribution >= 4 is 20.4 Å². The van der Waals surface area contributed by atoms with Crippen LogP contribution in [0, 0.1) is 0 Å². The van der Waals surface area contributed by atoms with E-state index in [9.17, 15) is 21.6 Å². The van der Waals surface area contributed by atoms with E-state index in [-0.39, 0.29) is 0 Å². The molecule has 6 nitrogen and oxygen atoms in total. The second kappa shape index (κ2) is 12.2. The van der Waals surface area contributed by atoms with Gasteiger partial charge in [-0.1, -0.05) is 0 Å². The number of benzene rings is 3. The molecule has 0 aliphatic carbocycles. The molecule has 0 saturated heterocycles. The second-order valence-corrected chi connectivity index (χ2v) is 17.5. The van der Waals surface area contributed by atoms with Crippen molar-refractivity contribution in [3.63, 3.8) is 0 Å². The molecule has 0 bridgehead atoms. The van der Waals surface area contributed by atoms with E-state index < -0.39 is 49.2 Å². The van der Waals surface area contributed by atoms with Gasteiger partial charge in [0.2, 0.25) is 0 Å². The molecular weight excluding hydrogens is 601 g/mol. The highest BCUT2D eigenvalue weighted by Gasteiger charge is 2.43. The zero-order chi connectivity index (χ0) is 32.5.